The molecule has 0 saturated heterocycles. The quantitative estimate of drug-likeness (QED) is 0.282. The molecule has 1 atom stereocenters. The molecule has 0 aliphatic carbocycles. The van der Waals surface area contributed by atoms with Gasteiger partial charge in [0, 0.05) is 14.0 Å². The predicted molar refractivity (Wildman–Crippen MR) is 74.1 cm³/mol. The number of allylic oxidation sites excluding steroid dienone is 2. The molecule has 0 amide bonds. The Hall–Kier alpha value is -1.26. The lowest BCUT2D eigenvalue weighted by molar-refractivity contribution is -0.426. The Morgan fingerprint density at radius 1 is 1.65 bits per heavy atom. The maximum atomic E-state index is 10.9. The molecule has 0 N–H and O–H groups in total. The monoisotopic (exact) mass is 238 g/mol. The molecule has 4 nitrogen and oxygen atoms in total. The van der Waals surface area contributed by atoms with Crippen molar-refractivity contribution >= 4 is 7.85 Å². The van der Waals surface area contributed by atoms with Gasteiger partial charge in [0.15, 0.2) is 0 Å². The van der Waals surface area contributed by atoms with Crippen molar-refractivity contribution in [2.75, 3.05) is 7.05 Å². The number of hydrogen-bond acceptors (Lipinski definition) is 3. The molecule has 0 aliphatic rings. The maximum Gasteiger partial charge on any atom is 0.262 e. The zero-order valence-electron chi connectivity index (χ0n) is 11.4. The number of nitro groups is 1. The highest BCUT2D eigenvalue weighted by molar-refractivity contribution is 6.11. The van der Waals surface area contributed by atoms with Crippen LogP contribution in [0.1, 0.15) is 39.5 Å². The summed E-state index contributed by atoms with van der Waals surface area (Å²) in [6, 6.07) is 0. The lowest BCUT2D eigenvalue weighted by Gasteiger charge is -2.28. The van der Waals surface area contributed by atoms with Crippen molar-refractivity contribution in [2.24, 2.45) is 0 Å². The van der Waals surface area contributed by atoms with Crippen LogP contribution in [-0.2, 0) is 0 Å². The van der Waals surface area contributed by atoms with Crippen LogP contribution >= 0.6 is 0 Å². The molecule has 0 rings (SSSR count). The van der Waals surface area contributed by atoms with Gasteiger partial charge in [0.2, 0.25) is 0 Å². The summed E-state index contributed by atoms with van der Waals surface area (Å²) >= 11 is 0. The molecule has 0 bridgehead atoms. The van der Waals surface area contributed by atoms with E-state index in [0.717, 1.165) is 31.4 Å². The van der Waals surface area contributed by atoms with E-state index in [1.807, 2.05) is 18.0 Å². The fourth-order valence-corrected chi connectivity index (χ4v) is 1.73. The first-order valence-corrected chi connectivity index (χ1v) is 6.13. The lowest BCUT2D eigenvalue weighted by Crippen LogP contribution is -2.32. The van der Waals surface area contributed by atoms with Gasteiger partial charge in [-0.2, -0.15) is 0 Å². The molecule has 0 saturated carbocycles. The lowest BCUT2D eigenvalue weighted by atomic mass is 9.90. The van der Waals surface area contributed by atoms with E-state index in [4.69, 9.17) is 0 Å². The maximum absolute atomic E-state index is 10.9. The van der Waals surface area contributed by atoms with Crippen molar-refractivity contribution in [1.82, 2.24) is 4.90 Å². The van der Waals surface area contributed by atoms with Crippen molar-refractivity contribution < 1.29 is 4.92 Å². The zero-order valence-corrected chi connectivity index (χ0v) is 11.4. The molecule has 1 unspecified atom stereocenters. The van der Waals surface area contributed by atoms with Crippen molar-refractivity contribution in [3.8, 4) is 0 Å². The van der Waals surface area contributed by atoms with Crippen LogP contribution in [0, 0.1) is 10.1 Å². The highest BCUT2D eigenvalue weighted by atomic mass is 16.6. The molecule has 96 valence electrons. The molecule has 0 aromatic heterocycles. The van der Waals surface area contributed by atoms with Gasteiger partial charge in [0.25, 0.3) is 5.70 Å². The predicted octanol–water partition coefficient (Wildman–Crippen LogP) is 2.15. The van der Waals surface area contributed by atoms with Crippen molar-refractivity contribution in [2.45, 2.75) is 45.5 Å². The van der Waals surface area contributed by atoms with E-state index in [9.17, 15) is 10.1 Å². The van der Waals surface area contributed by atoms with E-state index in [2.05, 4.69) is 21.3 Å². The fourth-order valence-electron chi connectivity index (χ4n) is 1.73. The van der Waals surface area contributed by atoms with E-state index >= 15 is 0 Å². The number of rotatable bonds is 8. The smallest absolute Gasteiger partial charge is 0.262 e. The highest BCUT2D eigenvalue weighted by Gasteiger charge is 2.19. The Morgan fingerprint density at radius 3 is 2.65 bits per heavy atom. The second kappa shape index (κ2) is 7.93. The van der Waals surface area contributed by atoms with Crippen molar-refractivity contribution in [1.29, 1.82) is 0 Å². The molecule has 0 aromatic rings. The van der Waals surface area contributed by atoms with Gasteiger partial charge in [0.1, 0.15) is 7.85 Å². The van der Waals surface area contributed by atoms with Crippen molar-refractivity contribution in [3.63, 3.8) is 0 Å². The molecule has 0 heterocycles. The van der Waals surface area contributed by atoms with Gasteiger partial charge in [0.05, 0.1) is 10.6 Å². The standard InChI is InChI=1S/C12H23BN2O2/c1-5-7-9-11(10(3)15(16)17)14(4)12(13)8-6-2/h6,12H,2,5,7-9,13H2,1,3-4H3/b11-10+. The molecular formula is C12H23BN2O2. The van der Waals surface area contributed by atoms with Crippen molar-refractivity contribution in [3.05, 3.63) is 34.2 Å². The Morgan fingerprint density at radius 2 is 2.24 bits per heavy atom. The summed E-state index contributed by atoms with van der Waals surface area (Å²) in [5, 5.41) is 10.9. The minimum atomic E-state index is -0.290. The van der Waals surface area contributed by atoms with Crippen LogP contribution in [0.4, 0.5) is 0 Å². The summed E-state index contributed by atoms with van der Waals surface area (Å²) in [5.41, 5.74) is 1.10. The topological polar surface area (TPSA) is 46.4 Å². The summed E-state index contributed by atoms with van der Waals surface area (Å²) < 4.78 is 0. The molecular weight excluding hydrogens is 215 g/mol. The van der Waals surface area contributed by atoms with E-state index in [1.54, 1.807) is 6.92 Å². The normalized spacial score (nSPS) is 13.8. The second-order valence-corrected chi connectivity index (χ2v) is 4.38. The SMILES string of the molecule is BC(CC=C)N(C)/C(CCCC)=C(\C)[N+](=O)[O-]. The third kappa shape index (κ3) is 5.07. The van der Waals surface area contributed by atoms with Gasteiger partial charge < -0.3 is 4.90 Å². The molecule has 5 heteroatoms. The number of nitrogens with zero attached hydrogens (tertiary/aromatic N) is 2. The zero-order chi connectivity index (χ0) is 13.4. The van der Waals surface area contributed by atoms with E-state index in [-0.39, 0.29) is 16.6 Å². The molecule has 0 radical (unpaired) electrons. The van der Waals surface area contributed by atoms with E-state index < -0.39 is 0 Å². The van der Waals surface area contributed by atoms with Gasteiger partial charge in [-0.25, -0.2) is 0 Å². The van der Waals surface area contributed by atoms with E-state index in [0.29, 0.717) is 0 Å². The molecule has 0 aromatic carbocycles. The average Bonchev–Trinajstić information content (AvgIpc) is 2.29. The summed E-state index contributed by atoms with van der Waals surface area (Å²) in [6.07, 6.45) is 5.46. The van der Waals surface area contributed by atoms with Gasteiger partial charge >= 0.3 is 0 Å². The summed E-state index contributed by atoms with van der Waals surface area (Å²) in [5.74, 6) is 0.245. The van der Waals surface area contributed by atoms with Gasteiger partial charge in [-0.3, -0.25) is 10.1 Å². The largest absolute Gasteiger partial charge is 0.378 e. The Balaban J connectivity index is 4.97. The third-order valence-corrected chi connectivity index (χ3v) is 3.05. The summed E-state index contributed by atoms with van der Waals surface area (Å²) in [6.45, 7) is 7.38. The van der Waals surface area contributed by atoms with Gasteiger partial charge in [-0.05, 0) is 25.2 Å². The average molecular weight is 238 g/mol. The number of hydrogen-bond donors (Lipinski definition) is 0. The second-order valence-electron chi connectivity index (χ2n) is 4.38. The first kappa shape index (κ1) is 15.7. The third-order valence-electron chi connectivity index (χ3n) is 3.05. The van der Waals surface area contributed by atoms with Crippen LogP contribution in [0.3, 0.4) is 0 Å². The van der Waals surface area contributed by atoms with Crippen LogP contribution in [0.5, 0.6) is 0 Å². The summed E-state index contributed by atoms with van der Waals surface area (Å²) in [7, 11) is 3.98. The minimum Gasteiger partial charge on any atom is -0.378 e. The Kier molecular flexibility index (Phi) is 7.34. The van der Waals surface area contributed by atoms with Gasteiger partial charge in [-0.15, -0.1) is 6.58 Å². The first-order valence-electron chi connectivity index (χ1n) is 6.13. The van der Waals surface area contributed by atoms with Crippen LogP contribution in [-0.4, -0.2) is 30.7 Å². The first-order chi connectivity index (χ1) is 7.95. The Bertz CT molecular complexity index is 303. The van der Waals surface area contributed by atoms with Gasteiger partial charge in [-0.1, -0.05) is 19.4 Å². The summed E-state index contributed by atoms with van der Waals surface area (Å²) in [4.78, 5) is 12.6. The minimum absolute atomic E-state index is 0.245. The highest BCUT2D eigenvalue weighted by Crippen LogP contribution is 2.19. The Labute approximate surface area is 105 Å². The number of unbranched alkanes of at least 4 members (excludes halogenated alkanes) is 1. The van der Waals surface area contributed by atoms with E-state index in [1.165, 1.54) is 0 Å². The van der Waals surface area contributed by atoms with Crippen LogP contribution in [0.2, 0.25) is 0 Å². The van der Waals surface area contributed by atoms with Crippen LogP contribution in [0.15, 0.2) is 24.0 Å². The molecule has 17 heavy (non-hydrogen) atoms. The molecule has 0 fully saturated rings. The van der Waals surface area contributed by atoms with Crippen LogP contribution < -0.4 is 0 Å². The molecule has 0 spiro atoms. The fraction of sp³-hybridized carbons (Fsp3) is 0.667. The van der Waals surface area contributed by atoms with Crippen LogP contribution in [0.25, 0.3) is 0 Å². The molecule has 0 aliphatic heterocycles.